The molecule has 1 aromatic heterocycles. The van der Waals surface area contributed by atoms with Crippen molar-refractivity contribution >= 4 is 23.4 Å². The maximum atomic E-state index is 12.3. The van der Waals surface area contributed by atoms with Crippen LogP contribution < -0.4 is 0 Å². The van der Waals surface area contributed by atoms with Gasteiger partial charge in [0.15, 0.2) is 5.15 Å². The summed E-state index contributed by atoms with van der Waals surface area (Å²) in [5.74, 6) is -0.899. The summed E-state index contributed by atoms with van der Waals surface area (Å²) in [5, 5.41) is 4.37. The van der Waals surface area contributed by atoms with Gasteiger partial charge < -0.3 is 0 Å². The van der Waals surface area contributed by atoms with E-state index in [1.807, 2.05) is 6.07 Å². The van der Waals surface area contributed by atoms with Crippen molar-refractivity contribution in [3.63, 3.8) is 0 Å². The normalized spacial score (nSPS) is 11.9. The molecular formula is C13H12ClF3N2S. The number of halogens is 4. The minimum Gasteiger partial charge on any atom is -0.266 e. The molecule has 2 rings (SSSR count). The van der Waals surface area contributed by atoms with E-state index >= 15 is 0 Å². The first-order chi connectivity index (χ1) is 9.26. The minimum atomic E-state index is -4.18. The van der Waals surface area contributed by atoms with Crippen LogP contribution in [-0.4, -0.2) is 21.7 Å². The lowest BCUT2D eigenvalue weighted by Gasteiger charge is -2.10. The van der Waals surface area contributed by atoms with Crippen LogP contribution in [-0.2, 0) is 7.05 Å². The molecule has 0 spiro atoms. The second kappa shape index (κ2) is 5.69. The van der Waals surface area contributed by atoms with Crippen molar-refractivity contribution in [2.24, 2.45) is 7.05 Å². The molecule has 0 amide bonds. The summed E-state index contributed by atoms with van der Waals surface area (Å²) in [6, 6.07) is 7.07. The van der Waals surface area contributed by atoms with Gasteiger partial charge in [-0.3, -0.25) is 4.68 Å². The Labute approximate surface area is 123 Å². The fourth-order valence-corrected chi connectivity index (χ4v) is 2.82. The van der Waals surface area contributed by atoms with Crippen LogP contribution in [0.1, 0.15) is 5.56 Å². The number of rotatable bonds is 3. The maximum absolute atomic E-state index is 12.3. The highest BCUT2D eigenvalue weighted by Crippen LogP contribution is 2.33. The van der Waals surface area contributed by atoms with Crippen molar-refractivity contribution in [1.82, 2.24) is 9.78 Å². The number of thioether (sulfide) groups is 1. The Balaban J connectivity index is 2.31. The third-order valence-electron chi connectivity index (χ3n) is 2.73. The molecule has 0 aliphatic rings. The predicted molar refractivity (Wildman–Crippen MR) is 75.2 cm³/mol. The van der Waals surface area contributed by atoms with Crippen molar-refractivity contribution in [3.8, 4) is 11.3 Å². The molecule has 0 fully saturated rings. The molecule has 108 valence electrons. The smallest absolute Gasteiger partial charge is 0.266 e. The maximum Gasteiger partial charge on any atom is 0.398 e. The van der Waals surface area contributed by atoms with Crippen molar-refractivity contribution in [2.75, 3.05) is 5.75 Å². The van der Waals surface area contributed by atoms with Gasteiger partial charge in [0.1, 0.15) is 0 Å². The quantitative estimate of drug-likeness (QED) is 0.763. The Bertz CT molecular complexity index is 623. The summed E-state index contributed by atoms with van der Waals surface area (Å²) in [4.78, 5) is 0.608. The molecule has 2 aromatic rings. The van der Waals surface area contributed by atoms with E-state index in [2.05, 4.69) is 5.10 Å². The van der Waals surface area contributed by atoms with Gasteiger partial charge in [0.25, 0.3) is 0 Å². The molecule has 2 nitrogen and oxygen atoms in total. The van der Waals surface area contributed by atoms with E-state index < -0.39 is 11.9 Å². The van der Waals surface area contributed by atoms with E-state index in [0.29, 0.717) is 10.0 Å². The van der Waals surface area contributed by atoms with E-state index in [0.717, 1.165) is 28.6 Å². The van der Waals surface area contributed by atoms with Crippen molar-refractivity contribution < 1.29 is 13.2 Å². The standard InChI is InChI=1S/C13H12ClF3N2S/c1-8-3-4-9(10-6-12(14)18-19(10)2)5-11(8)20-7-13(15,16)17/h3-6H,7H2,1-2H3. The number of benzene rings is 1. The number of aromatic nitrogens is 2. The first-order valence-electron chi connectivity index (χ1n) is 5.76. The fraction of sp³-hybridized carbons (Fsp3) is 0.308. The van der Waals surface area contributed by atoms with Gasteiger partial charge in [0, 0.05) is 23.6 Å². The number of hydrogen-bond acceptors (Lipinski definition) is 2. The van der Waals surface area contributed by atoms with Gasteiger partial charge in [-0.15, -0.1) is 11.8 Å². The molecule has 0 bridgehead atoms. The topological polar surface area (TPSA) is 17.8 Å². The SMILES string of the molecule is Cc1ccc(-c2cc(Cl)nn2C)cc1SCC(F)(F)F. The molecule has 0 N–H and O–H groups in total. The molecule has 0 unspecified atom stereocenters. The van der Waals surface area contributed by atoms with E-state index in [4.69, 9.17) is 11.6 Å². The van der Waals surface area contributed by atoms with Crippen LogP contribution in [0, 0.1) is 6.92 Å². The summed E-state index contributed by atoms with van der Waals surface area (Å²) in [7, 11) is 1.74. The summed E-state index contributed by atoms with van der Waals surface area (Å²) in [6.07, 6.45) is -4.18. The van der Waals surface area contributed by atoms with Crippen LogP contribution in [0.2, 0.25) is 5.15 Å². The fourth-order valence-electron chi connectivity index (χ4n) is 1.78. The van der Waals surface area contributed by atoms with Gasteiger partial charge in [-0.2, -0.15) is 18.3 Å². The Morgan fingerprint density at radius 1 is 1.30 bits per heavy atom. The van der Waals surface area contributed by atoms with Gasteiger partial charge in [-0.25, -0.2) is 0 Å². The highest BCUT2D eigenvalue weighted by molar-refractivity contribution is 7.99. The second-order valence-electron chi connectivity index (χ2n) is 4.36. The van der Waals surface area contributed by atoms with Gasteiger partial charge in [0.05, 0.1) is 11.4 Å². The van der Waals surface area contributed by atoms with Crippen LogP contribution in [0.5, 0.6) is 0 Å². The average Bonchev–Trinajstić information content (AvgIpc) is 2.66. The third-order valence-corrected chi connectivity index (χ3v) is 4.13. The third kappa shape index (κ3) is 3.70. The number of hydrogen-bond donors (Lipinski definition) is 0. The Morgan fingerprint density at radius 2 is 2.00 bits per heavy atom. The monoisotopic (exact) mass is 320 g/mol. The highest BCUT2D eigenvalue weighted by Gasteiger charge is 2.27. The first kappa shape index (κ1) is 15.3. The lowest BCUT2D eigenvalue weighted by molar-refractivity contribution is -0.105. The number of aryl methyl sites for hydroxylation is 2. The molecule has 7 heteroatoms. The van der Waals surface area contributed by atoms with Crippen LogP contribution in [0.4, 0.5) is 13.2 Å². The summed E-state index contributed by atoms with van der Waals surface area (Å²) in [5.41, 5.74) is 2.38. The second-order valence-corrected chi connectivity index (χ2v) is 5.76. The lowest BCUT2D eigenvalue weighted by atomic mass is 10.1. The zero-order valence-electron chi connectivity index (χ0n) is 10.8. The zero-order chi connectivity index (χ0) is 14.9. The van der Waals surface area contributed by atoms with Crippen molar-refractivity contribution in [2.45, 2.75) is 18.0 Å². The molecule has 0 atom stereocenters. The minimum absolute atomic E-state index is 0.354. The van der Waals surface area contributed by atoms with E-state index in [1.54, 1.807) is 36.9 Å². The zero-order valence-corrected chi connectivity index (χ0v) is 12.4. The van der Waals surface area contributed by atoms with Crippen LogP contribution in [0.15, 0.2) is 29.2 Å². The van der Waals surface area contributed by atoms with Crippen LogP contribution in [0.25, 0.3) is 11.3 Å². The molecule has 0 aliphatic carbocycles. The van der Waals surface area contributed by atoms with Crippen LogP contribution >= 0.6 is 23.4 Å². The van der Waals surface area contributed by atoms with E-state index in [9.17, 15) is 13.2 Å². The first-order valence-corrected chi connectivity index (χ1v) is 7.13. The average molecular weight is 321 g/mol. The molecule has 1 aromatic carbocycles. The Hall–Kier alpha value is -1.14. The summed E-state index contributed by atoms with van der Waals surface area (Å²) < 4.78 is 38.5. The van der Waals surface area contributed by atoms with Crippen molar-refractivity contribution in [1.29, 1.82) is 0 Å². The molecule has 0 aliphatic heterocycles. The van der Waals surface area contributed by atoms with Gasteiger partial charge in [0.2, 0.25) is 0 Å². The number of nitrogens with zero attached hydrogens (tertiary/aromatic N) is 2. The molecular weight excluding hydrogens is 309 g/mol. The highest BCUT2D eigenvalue weighted by atomic mass is 35.5. The van der Waals surface area contributed by atoms with Gasteiger partial charge >= 0.3 is 6.18 Å². The molecule has 1 heterocycles. The Morgan fingerprint density at radius 3 is 2.55 bits per heavy atom. The Kier molecular flexibility index (Phi) is 4.34. The predicted octanol–water partition coefficient (Wildman–Crippen LogP) is 4.70. The largest absolute Gasteiger partial charge is 0.398 e. The molecule has 20 heavy (non-hydrogen) atoms. The van der Waals surface area contributed by atoms with E-state index in [-0.39, 0.29) is 0 Å². The molecule has 0 saturated carbocycles. The van der Waals surface area contributed by atoms with Gasteiger partial charge in [-0.1, -0.05) is 23.7 Å². The molecule has 0 saturated heterocycles. The molecule has 0 radical (unpaired) electrons. The van der Waals surface area contributed by atoms with Crippen molar-refractivity contribution in [3.05, 3.63) is 35.0 Å². The lowest BCUT2D eigenvalue weighted by Crippen LogP contribution is -2.10. The number of alkyl halides is 3. The van der Waals surface area contributed by atoms with Crippen LogP contribution in [0.3, 0.4) is 0 Å². The summed E-state index contributed by atoms with van der Waals surface area (Å²) in [6.45, 7) is 1.79. The summed E-state index contributed by atoms with van der Waals surface area (Å²) >= 11 is 6.61. The van der Waals surface area contributed by atoms with E-state index in [1.165, 1.54) is 0 Å². The van der Waals surface area contributed by atoms with Gasteiger partial charge in [-0.05, 0) is 18.6 Å².